The topological polar surface area (TPSA) is 3.24 Å². The lowest BCUT2D eigenvalue weighted by molar-refractivity contribution is 0.0943. The molecule has 1 saturated heterocycles. The fourth-order valence-electron chi connectivity index (χ4n) is 2.49. The van der Waals surface area contributed by atoms with Crippen LogP contribution in [0, 0.1) is 0 Å². The summed E-state index contributed by atoms with van der Waals surface area (Å²) in [6.45, 7) is 7.15. The molecule has 16 heavy (non-hydrogen) atoms. The van der Waals surface area contributed by atoms with Gasteiger partial charge in [-0.3, -0.25) is 4.90 Å². The summed E-state index contributed by atoms with van der Waals surface area (Å²) < 4.78 is 1.16. The molecule has 0 aromatic heterocycles. The van der Waals surface area contributed by atoms with E-state index in [0.717, 1.165) is 4.47 Å². The third kappa shape index (κ3) is 2.49. The first-order chi connectivity index (χ1) is 7.60. The normalized spacial score (nSPS) is 18.7. The first-order valence-corrected chi connectivity index (χ1v) is 6.91. The van der Waals surface area contributed by atoms with Crippen molar-refractivity contribution in [3.8, 4) is 0 Å². The van der Waals surface area contributed by atoms with Crippen molar-refractivity contribution in [2.75, 3.05) is 13.1 Å². The highest BCUT2D eigenvalue weighted by Gasteiger charge is 2.29. The van der Waals surface area contributed by atoms with Crippen LogP contribution in [0.5, 0.6) is 0 Å². The summed E-state index contributed by atoms with van der Waals surface area (Å²) >= 11 is 3.49. The summed E-state index contributed by atoms with van der Waals surface area (Å²) in [7, 11) is 0. The van der Waals surface area contributed by atoms with Crippen molar-refractivity contribution < 1.29 is 0 Å². The van der Waals surface area contributed by atoms with Gasteiger partial charge in [0.2, 0.25) is 0 Å². The van der Waals surface area contributed by atoms with Crippen LogP contribution < -0.4 is 0 Å². The summed E-state index contributed by atoms with van der Waals surface area (Å²) in [6.07, 6.45) is 4.09. The number of rotatable bonds is 2. The Morgan fingerprint density at radius 1 is 1.00 bits per heavy atom. The third-order valence-corrected chi connectivity index (χ3v) is 4.23. The maximum Gasteiger partial charge on any atom is 0.0404 e. The van der Waals surface area contributed by atoms with Gasteiger partial charge >= 0.3 is 0 Å². The van der Waals surface area contributed by atoms with Crippen molar-refractivity contribution in [3.05, 3.63) is 34.3 Å². The first kappa shape index (κ1) is 12.1. The minimum atomic E-state index is 0.168. The Balaban J connectivity index is 2.19. The van der Waals surface area contributed by atoms with Gasteiger partial charge in [-0.2, -0.15) is 0 Å². The summed E-state index contributed by atoms with van der Waals surface area (Å²) in [4.78, 5) is 2.61. The minimum Gasteiger partial charge on any atom is -0.294 e. The number of hydrogen-bond donors (Lipinski definition) is 0. The maximum atomic E-state index is 3.49. The Kier molecular flexibility index (Phi) is 3.70. The van der Waals surface area contributed by atoms with E-state index in [-0.39, 0.29) is 5.54 Å². The molecule has 0 bridgehead atoms. The lowest BCUT2D eigenvalue weighted by Crippen LogP contribution is -2.44. The summed E-state index contributed by atoms with van der Waals surface area (Å²) in [5.41, 5.74) is 1.58. The second kappa shape index (κ2) is 4.89. The van der Waals surface area contributed by atoms with Gasteiger partial charge in [-0.1, -0.05) is 34.5 Å². The van der Waals surface area contributed by atoms with E-state index in [0.29, 0.717) is 0 Å². The van der Waals surface area contributed by atoms with Gasteiger partial charge in [0.15, 0.2) is 0 Å². The molecule has 0 N–H and O–H groups in total. The fourth-order valence-corrected chi connectivity index (χ4v) is 2.76. The van der Waals surface area contributed by atoms with Crippen LogP contribution in [0.2, 0.25) is 0 Å². The van der Waals surface area contributed by atoms with Crippen molar-refractivity contribution >= 4 is 15.9 Å². The lowest BCUT2D eigenvalue weighted by Gasteiger charge is -2.41. The monoisotopic (exact) mass is 281 g/mol. The molecule has 0 spiro atoms. The largest absolute Gasteiger partial charge is 0.294 e. The van der Waals surface area contributed by atoms with Gasteiger partial charge in [-0.05, 0) is 57.5 Å². The molecular formula is C14H20BrN. The number of likely N-dealkylation sites (tertiary alicyclic amines) is 1. The Bertz CT molecular complexity index is 336. The van der Waals surface area contributed by atoms with Crippen LogP contribution in [-0.2, 0) is 5.54 Å². The quantitative estimate of drug-likeness (QED) is 0.787. The van der Waals surface area contributed by atoms with Gasteiger partial charge in [0, 0.05) is 10.0 Å². The summed E-state index contributed by atoms with van der Waals surface area (Å²) in [5.74, 6) is 0. The lowest BCUT2D eigenvalue weighted by atomic mass is 9.90. The van der Waals surface area contributed by atoms with Crippen LogP contribution in [0.25, 0.3) is 0 Å². The molecule has 1 aliphatic rings. The van der Waals surface area contributed by atoms with Crippen molar-refractivity contribution in [1.29, 1.82) is 0 Å². The Labute approximate surface area is 107 Å². The second-order valence-electron chi connectivity index (χ2n) is 5.11. The molecule has 0 saturated carbocycles. The van der Waals surface area contributed by atoms with Gasteiger partial charge in [0.25, 0.3) is 0 Å². The van der Waals surface area contributed by atoms with Crippen molar-refractivity contribution in [2.45, 2.75) is 38.6 Å². The molecule has 1 aliphatic heterocycles. The molecule has 0 unspecified atom stereocenters. The van der Waals surface area contributed by atoms with Crippen LogP contribution in [0.15, 0.2) is 28.7 Å². The van der Waals surface area contributed by atoms with Gasteiger partial charge < -0.3 is 0 Å². The molecule has 0 atom stereocenters. The van der Waals surface area contributed by atoms with Crippen molar-refractivity contribution in [3.63, 3.8) is 0 Å². The molecule has 0 amide bonds. The molecule has 2 rings (SSSR count). The number of piperidine rings is 1. The zero-order chi connectivity index (χ0) is 11.6. The van der Waals surface area contributed by atoms with Gasteiger partial charge in [-0.25, -0.2) is 0 Å². The van der Waals surface area contributed by atoms with Crippen LogP contribution in [0.1, 0.15) is 38.7 Å². The molecule has 2 heteroatoms. The smallest absolute Gasteiger partial charge is 0.0404 e. The molecule has 1 heterocycles. The standard InChI is InChI=1S/C14H20BrN/c1-14(2,16-10-4-3-5-11-16)12-6-8-13(15)9-7-12/h6-9H,3-5,10-11H2,1-2H3. The average Bonchev–Trinajstić information content (AvgIpc) is 2.31. The molecule has 1 fully saturated rings. The highest BCUT2D eigenvalue weighted by molar-refractivity contribution is 9.10. The van der Waals surface area contributed by atoms with E-state index in [4.69, 9.17) is 0 Å². The Morgan fingerprint density at radius 2 is 1.56 bits per heavy atom. The van der Waals surface area contributed by atoms with E-state index in [9.17, 15) is 0 Å². The van der Waals surface area contributed by atoms with E-state index in [1.54, 1.807) is 0 Å². The van der Waals surface area contributed by atoms with Crippen LogP contribution in [0.3, 0.4) is 0 Å². The van der Waals surface area contributed by atoms with Crippen LogP contribution >= 0.6 is 15.9 Å². The second-order valence-corrected chi connectivity index (χ2v) is 6.03. The molecule has 0 aliphatic carbocycles. The van der Waals surface area contributed by atoms with E-state index >= 15 is 0 Å². The highest BCUT2D eigenvalue weighted by atomic mass is 79.9. The predicted octanol–water partition coefficient (Wildman–Crippen LogP) is 4.17. The SMILES string of the molecule is CC(C)(c1ccc(Br)cc1)N1CCCCC1. The molecule has 88 valence electrons. The summed E-state index contributed by atoms with van der Waals surface area (Å²) in [6, 6.07) is 8.75. The number of nitrogens with zero attached hydrogens (tertiary/aromatic N) is 1. The van der Waals surface area contributed by atoms with E-state index in [1.807, 2.05) is 0 Å². The third-order valence-electron chi connectivity index (χ3n) is 3.70. The van der Waals surface area contributed by atoms with Gasteiger partial charge in [0.1, 0.15) is 0 Å². The van der Waals surface area contributed by atoms with E-state index in [2.05, 4.69) is 58.9 Å². The fraction of sp³-hybridized carbons (Fsp3) is 0.571. The molecule has 1 aromatic carbocycles. The van der Waals surface area contributed by atoms with Crippen LogP contribution in [-0.4, -0.2) is 18.0 Å². The molecular weight excluding hydrogens is 262 g/mol. The zero-order valence-electron chi connectivity index (χ0n) is 10.2. The van der Waals surface area contributed by atoms with Crippen molar-refractivity contribution in [2.24, 2.45) is 0 Å². The average molecular weight is 282 g/mol. The Morgan fingerprint density at radius 3 is 2.12 bits per heavy atom. The summed E-state index contributed by atoms with van der Waals surface area (Å²) in [5, 5.41) is 0. The Hall–Kier alpha value is -0.340. The van der Waals surface area contributed by atoms with Crippen LogP contribution in [0.4, 0.5) is 0 Å². The maximum absolute atomic E-state index is 3.49. The van der Waals surface area contributed by atoms with E-state index in [1.165, 1.54) is 37.9 Å². The predicted molar refractivity (Wildman–Crippen MR) is 72.6 cm³/mol. The van der Waals surface area contributed by atoms with Gasteiger partial charge in [0.05, 0.1) is 0 Å². The minimum absolute atomic E-state index is 0.168. The molecule has 1 nitrogen and oxygen atoms in total. The van der Waals surface area contributed by atoms with Gasteiger partial charge in [-0.15, -0.1) is 0 Å². The first-order valence-electron chi connectivity index (χ1n) is 6.12. The number of halogens is 1. The zero-order valence-corrected chi connectivity index (χ0v) is 11.8. The molecule has 0 radical (unpaired) electrons. The number of hydrogen-bond acceptors (Lipinski definition) is 1. The molecule has 1 aromatic rings. The highest BCUT2D eigenvalue weighted by Crippen LogP contribution is 2.31. The number of benzene rings is 1. The van der Waals surface area contributed by atoms with E-state index < -0.39 is 0 Å². The van der Waals surface area contributed by atoms with Crippen molar-refractivity contribution in [1.82, 2.24) is 4.90 Å².